The van der Waals surface area contributed by atoms with Gasteiger partial charge in [-0.1, -0.05) is 61.5 Å². The molecule has 0 saturated carbocycles. The monoisotopic (exact) mass is 386 g/mol. The summed E-state index contributed by atoms with van der Waals surface area (Å²) in [6.07, 6.45) is 0.833. The fourth-order valence-corrected chi connectivity index (χ4v) is 3.25. The number of carbonyl (C=O) groups is 2. The second-order valence-electron chi connectivity index (χ2n) is 6.85. The highest BCUT2D eigenvalue weighted by molar-refractivity contribution is 6.06. The van der Waals surface area contributed by atoms with Gasteiger partial charge in [0.1, 0.15) is 0 Å². The molecule has 29 heavy (non-hydrogen) atoms. The predicted molar refractivity (Wildman–Crippen MR) is 117 cm³/mol. The van der Waals surface area contributed by atoms with Crippen molar-refractivity contribution in [3.63, 3.8) is 0 Å². The number of nitrogens with one attached hydrogen (secondary N) is 1. The normalized spacial score (nSPS) is 10.4. The van der Waals surface area contributed by atoms with Gasteiger partial charge in [-0.15, -0.1) is 0 Å². The molecule has 0 heterocycles. The van der Waals surface area contributed by atoms with Gasteiger partial charge in [0.15, 0.2) is 0 Å². The van der Waals surface area contributed by atoms with E-state index in [2.05, 4.69) is 12.2 Å². The highest BCUT2D eigenvalue weighted by Crippen LogP contribution is 2.18. The second kappa shape index (κ2) is 9.69. The van der Waals surface area contributed by atoms with Crippen LogP contribution in [0.4, 0.5) is 5.69 Å². The zero-order valence-corrected chi connectivity index (χ0v) is 16.9. The first-order valence-electron chi connectivity index (χ1n) is 9.95. The minimum absolute atomic E-state index is 0.0834. The maximum Gasteiger partial charge on any atom is 0.255 e. The van der Waals surface area contributed by atoms with Crippen LogP contribution < -0.4 is 5.32 Å². The van der Waals surface area contributed by atoms with E-state index in [1.807, 2.05) is 61.5 Å². The summed E-state index contributed by atoms with van der Waals surface area (Å²) in [5.74, 6) is -0.299. The lowest BCUT2D eigenvalue weighted by atomic mass is 10.1. The molecule has 0 fully saturated rings. The largest absolute Gasteiger partial charge is 0.335 e. The Balaban J connectivity index is 1.77. The zero-order valence-electron chi connectivity index (χ0n) is 16.9. The minimum Gasteiger partial charge on any atom is -0.335 e. The number of aryl methyl sites for hydroxylation is 1. The van der Waals surface area contributed by atoms with Crippen LogP contribution in [0, 0.1) is 0 Å². The molecule has 4 heteroatoms. The zero-order chi connectivity index (χ0) is 20.6. The number of hydrogen-bond donors (Lipinski definition) is 1. The van der Waals surface area contributed by atoms with E-state index >= 15 is 0 Å². The fraction of sp³-hybridized carbons (Fsp3) is 0.200. The average molecular weight is 386 g/mol. The van der Waals surface area contributed by atoms with E-state index in [0.717, 1.165) is 23.2 Å². The number of para-hydroxylation sites is 1. The molecule has 1 N–H and O–H groups in total. The van der Waals surface area contributed by atoms with Crippen molar-refractivity contribution in [1.82, 2.24) is 4.90 Å². The van der Waals surface area contributed by atoms with Gasteiger partial charge in [0.2, 0.25) is 0 Å². The van der Waals surface area contributed by atoms with Crippen LogP contribution in [0.2, 0.25) is 0 Å². The van der Waals surface area contributed by atoms with Crippen LogP contribution in [0.1, 0.15) is 45.7 Å². The van der Waals surface area contributed by atoms with E-state index in [9.17, 15) is 9.59 Å². The van der Waals surface area contributed by atoms with Crippen LogP contribution in [-0.4, -0.2) is 23.3 Å². The molecule has 0 aliphatic carbocycles. The van der Waals surface area contributed by atoms with E-state index in [0.29, 0.717) is 24.2 Å². The Morgan fingerprint density at radius 1 is 0.828 bits per heavy atom. The molecule has 3 rings (SSSR count). The molecule has 0 saturated heterocycles. The first kappa shape index (κ1) is 20.3. The quantitative estimate of drug-likeness (QED) is 0.609. The van der Waals surface area contributed by atoms with Crippen LogP contribution in [-0.2, 0) is 13.0 Å². The first-order chi connectivity index (χ1) is 14.1. The lowest BCUT2D eigenvalue weighted by Crippen LogP contribution is -2.30. The molecule has 3 aromatic rings. The molecule has 0 aromatic heterocycles. The molecule has 4 nitrogen and oxygen atoms in total. The molecule has 3 aromatic carbocycles. The number of nitrogens with zero attached hydrogens (tertiary/aromatic N) is 1. The molecule has 148 valence electrons. The first-order valence-corrected chi connectivity index (χ1v) is 9.95. The maximum atomic E-state index is 13.0. The minimum atomic E-state index is -0.216. The highest BCUT2D eigenvalue weighted by atomic mass is 16.2. The van der Waals surface area contributed by atoms with E-state index in [4.69, 9.17) is 0 Å². The molecule has 0 radical (unpaired) electrons. The van der Waals surface area contributed by atoms with Crippen molar-refractivity contribution in [2.24, 2.45) is 0 Å². The Morgan fingerprint density at radius 2 is 1.52 bits per heavy atom. The van der Waals surface area contributed by atoms with Crippen molar-refractivity contribution >= 4 is 17.5 Å². The number of amides is 2. The van der Waals surface area contributed by atoms with Crippen LogP contribution in [0.15, 0.2) is 78.9 Å². The lowest BCUT2D eigenvalue weighted by Gasteiger charge is -2.21. The summed E-state index contributed by atoms with van der Waals surface area (Å²) >= 11 is 0. The third-order valence-corrected chi connectivity index (χ3v) is 4.90. The van der Waals surface area contributed by atoms with Crippen LogP contribution >= 0.6 is 0 Å². The Labute approximate surface area is 172 Å². The predicted octanol–water partition coefficient (Wildman–Crippen LogP) is 5.16. The van der Waals surface area contributed by atoms with Crippen molar-refractivity contribution in [2.75, 3.05) is 11.9 Å². The standard InChI is InChI=1S/C25H26N2O2/c1-3-20-13-8-9-16-23(20)26-24(28)21-14-10-15-22(17-21)25(29)27(4-2)18-19-11-6-5-7-12-19/h5-17H,3-4,18H2,1-2H3,(H,26,28). The van der Waals surface area contributed by atoms with Crippen LogP contribution in [0.3, 0.4) is 0 Å². The summed E-state index contributed by atoms with van der Waals surface area (Å²) in [6, 6.07) is 24.6. The van der Waals surface area contributed by atoms with Gasteiger partial charge in [0.25, 0.3) is 11.8 Å². The molecular weight excluding hydrogens is 360 g/mol. The van der Waals surface area contributed by atoms with Crippen molar-refractivity contribution in [1.29, 1.82) is 0 Å². The molecular formula is C25H26N2O2. The fourth-order valence-electron chi connectivity index (χ4n) is 3.25. The van der Waals surface area contributed by atoms with Gasteiger partial charge in [-0.2, -0.15) is 0 Å². The number of rotatable bonds is 7. The Kier molecular flexibility index (Phi) is 6.80. The second-order valence-corrected chi connectivity index (χ2v) is 6.85. The molecule has 2 amide bonds. The van der Waals surface area contributed by atoms with Crippen molar-refractivity contribution in [3.8, 4) is 0 Å². The van der Waals surface area contributed by atoms with Gasteiger partial charge in [0, 0.05) is 29.9 Å². The van der Waals surface area contributed by atoms with E-state index < -0.39 is 0 Å². The van der Waals surface area contributed by atoms with Crippen LogP contribution in [0.5, 0.6) is 0 Å². The summed E-state index contributed by atoms with van der Waals surface area (Å²) in [4.78, 5) is 27.5. The molecule has 0 aliphatic heterocycles. The number of anilines is 1. The van der Waals surface area contributed by atoms with Crippen molar-refractivity contribution in [2.45, 2.75) is 26.8 Å². The van der Waals surface area contributed by atoms with Crippen molar-refractivity contribution in [3.05, 3.63) is 101 Å². The van der Waals surface area contributed by atoms with Gasteiger partial charge in [0.05, 0.1) is 0 Å². The molecule has 0 spiro atoms. The number of carbonyl (C=O) groups excluding carboxylic acids is 2. The van der Waals surface area contributed by atoms with Gasteiger partial charge < -0.3 is 10.2 Å². The lowest BCUT2D eigenvalue weighted by molar-refractivity contribution is 0.0752. The third-order valence-electron chi connectivity index (χ3n) is 4.90. The van der Waals surface area contributed by atoms with Gasteiger partial charge in [-0.05, 0) is 48.7 Å². The van der Waals surface area contributed by atoms with Crippen LogP contribution in [0.25, 0.3) is 0 Å². The smallest absolute Gasteiger partial charge is 0.255 e. The summed E-state index contributed by atoms with van der Waals surface area (Å²) in [6.45, 7) is 5.14. The molecule has 0 unspecified atom stereocenters. The summed E-state index contributed by atoms with van der Waals surface area (Å²) in [5, 5.41) is 2.96. The summed E-state index contributed by atoms with van der Waals surface area (Å²) in [7, 11) is 0. The molecule has 0 atom stereocenters. The Hall–Kier alpha value is -3.40. The SMILES string of the molecule is CCc1ccccc1NC(=O)c1cccc(C(=O)N(CC)Cc2ccccc2)c1. The highest BCUT2D eigenvalue weighted by Gasteiger charge is 2.17. The van der Waals surface area contributed by atoms with E-state index in [1.54, 1.807) is 29.2 Å². The maximum absolute atomic E-state index is 13.0. The van der Waals surface area contributed by atoms with E-state index in [-0.39, 0.29) is 11.8 Å². The molecule has 0 bridgehead atoms. The average Bonchev–Trinajstić information content (AvgIpc) is 2.78. The topological polar surface area (TPSA) is 49.4 Å². The number of hydrogen-bond acceptors (Lipinski definition) is 2. The van der Waals surface area contributed by atoms with Gasteiger partial charge in [-0.3, -0.25) is 9.59 Å². The Bertz CT molecular complexity index is 983. The van der Waals surface area contributed by atoms with E-state index in [1.165, 1.54) is 0 Å². The summed E-state index contributed by atoms with van der Waals surface area (Å²) < 4.78 is 0. The number of benzene rings is 3. The van der Waals surface area contributed by atoms with Gasteiger partial charge in [-0.25, -0.2) is 0 Å². The third kappa shape index (κ3) is 5.11. The Morgan fingerprint density at radius 3 is 2.24 bits per heavy atom. The summed E-state index contributed by atoms with van der Waals surface area (Å²) in [5.41, 5.74) is 3.94. The molecule has 0 aliphatic rings. The van der Waals surface area contributed by atoms with Crippen molar-refractivity contribution < 1.29 is 9.59 Å². The van der Waals surface area contributed by atoms with Gasteiger partial charge >= 0.3 is 0 Å².